The molecule has 7 heteroatoms. The average molecular weight is 437 g/mol. The molecule has 5 rings (SSSR count). The number of nitrogens with two attached hydrogens (primary N) is 1. The van der Waals surface area contributed by atoms with Crippen molar-refractivity contribution in [3.05, 3.63) is 54.2 Å². The third-order valence-electron chi connectivity index (χ3n) is 6.59. The van der Waals surface area contributed by atoms with Gasteiger partial charge in [0.05, 0.1) is 5.69 Å². The van der Waals surface area contributed by atoms with E-state index in [4.69, 9.17) is 10.3 Å². The SMILES string of the molecule is Cc1noc(C)c1-c1ccc2c(-c3ccc(N)nc3)cn(CC3CCC(F)(F)CC3)c2c1. The molecule has 1 aliphatic rings. The first-order valence-corrected chi connectivity index (χ1v) is 11.0. The van der Waals surface area contributed by atoms with Crippen molar-refractivity contribution in [3.8, 4) is 22.3 Å². The number of aromatic nitrogens is 3. The number of halogens is 2. The van der Waals surface area contributed by atoms with Gasteiger partial charge in [0.15, 0.2) is 0 Å². The van der Waals surface area contributed by atoms with Crippen LogP contribution in [0.5, 0.6) is 0 Å². The van der Waals surface area contributed by atoms with Crippen molar-refractivity contribution in [2.24, 2.45) is 5.92 Å². The van der Waals surface area contributed by atoms with Gasteiger partial charge in [-0.2, -0.15) is 0 Å². The monoisotopic (exact) mass is 436 g/mol. The molecule has 1 fully saturated rings. The van der Waals surface area contributed by atoms with Crippen molar-refractivity contribution in [3.63, 3.8) is 0 Å². The molecule has 166 valence electrons. The predicted octanol–water partition coefficient (Wildman–Crippen LogP) is 6.38. The quantitative estimate of drug-likeness (QED) is 0.403. The first-order chi connectivity index (χ1) is 15.3. The molecule has 1 aromatic carbocycles. The fourth-order valence-corrected chi connectivity index (χ4v) is 4.85. The van der Waals surface area contributed by atoms with Gasteiger partial charge in [-0.15, -0.1) is 0 Å². The zero-order chi connectivity index (χ0) is 22.5. The maximum Gasteiger partial charge on any atom is 0.248 e. The summed E-state index contributed by atoms with van der Waals surface area (Å²) in [6, 6.07) is 10.1. The first-order valence-electron chi connectivity index (χ1n) is 11.0. The van der Waals surface area contributed by atoms with Gasteiger partial charge in [-0.05, 0) is 56.4 Å². The third kappa shape index (κ3) is 3.76. The van der Waals surface area contributed by atoms with Crippen molar-refractivity contribution < 1.29 is 13.3 Å². The normalized spacial score (nSPS) is 16.6. The van der Waals surface area contributed by atoms with Crippen LogP contribution in [0.25, 0.3) is 33.2 Å². The summed E-state index contributed by atoms with van der Waals surface area (Å²) in [6.45, 7) is 4.55. The summed E-state index contributed by atoms with van der Waals surface area (Å²) >= 11 is 0. The van der Waals surface area contributed by atoms with Crippen LogP contribution in [0.4, 0.5) is 14.6 Å². The number of rotatable bonds is 4. The number of alkyl halides is 2. The summed E-state index contributed by atoms with van der Waals surface area (Å²) in [5.74, 6) is -1.05. The third-order valence-corrected chi connectivity index (χ3v) is 6.59. The maximum atomic E-state index is 13.7. The molecule has 0 radical (unpaired) electrons. The topological polar surface area (TPSA) is 69.9 Å². The number of anilines is 1. The van der Waals surface area contributed by atoms with E-state index in [0.717, 1.165) is 44.6 Å². The summed E-state index contributed by atoms with van der Waals surface area (Å²) < 4.78 is 34.9. The van der Waals surface area contributed by atoms with Crippen molar-refractivity contribution in [2.75, 3.05) is 5.73 Å². The lowest BCUT2D eigenvalue weighted by molar-refractivity contribution is -0.0472. The molecule has 2 N–H and O–H groups in total. The van der Waals surface area contributed by atoms with Gasteiger partial charge in [-0.3, -0.25) is 0 Å². The van der Waals surface area contributed by atoms with Gasteiger partial charge in [-0.25, -0.2) is 13.8 Å². The fourth-order valence-electron chi connectivity index (χ4n) is 4.85. The summed E-state index contributed by atoms with van der Waals surface area (Å²) in [7, 11) is 0. The summed E-state index contributed by atoms with van der Waals surface area (Å²) in [6.07, 6.45) is 4.90. The Morgan fingerprint density at radius 3 is 2.53 bits per heavy atom. The molecule has 0 amide bonds. The van der Waals surface area contributed by atoms with Gasteiger partial charge in [0.1, 0.15) is 11.6 Å². The lowest BCUT2D eigenvalue weighted by Gasteiger charge is -2.28. The summed E-state index contributed by atoms with van der Waals surface area (Å²) in [5, 5.41) is 5.18. The van der Waals surface area contributed by atoms with Crippen LogP contribution < -0.4 is 5.73 Å². The minimum Gasteiger partial charge on any atom is -0.384 e. The minimum atomic E-state index is -2.52. The molecule has 0 atom stereocenters. The highest BCUT2D eigenvalue weighted by Gasteiger charge is 2.35. The molecular weight excluding hydrogens is 410 g/mol. The Morgan fingerprint density at radius 1 is 1.12 bits per heavy atom. The Balaban J connectivity index is 1.60. The van der Waals surface area contributed by atoms with Crippen molar-refractivity contribution in [2.45, 2.75) is 52.0 Å². The average Bonchev–Trinajstić information content (AvgIpc) is 3.29. The lowest BCUT2D eigenvalue weighted by Crippen LogP contribution is -2.26. The molecule has 0 saturated heterocycles. The van der Waals surface area contributed by atoms with Crippen LogP contribution >= 0.6 is 0 Å². The molecular formula is C25H26F2N4O. The fraction of sp³-hybridized carbons (Fsp3) is 0.360. The van der Waals surface area contributed by atoms with Crippen molar-refractivity contribution >= 4 is 16.7 Å². The number of hydrogen-bond donors (Lipinski definition) is 1. The van der Waals surface area contributed by atoms with E-state index >= 15 is 0 Å². The molecule has 4 aromatic rings. The molecule has 0 aliphatic heterocycles. The number of fused-ring (bicyclic) bond motifs is 1. The van der Waals surface area contributed by atoms with Gasteiger partial charge < -0.3 is 14.8 Å². The Hall–Kier alpha value is -3.22. The summed E-state index contributed by atoms with van der Waals surface area (Å²) in [4.78, 5) is 4.25. The van der Waals surface area contributed by atoms with E-state index in [1.807, 2.05) is 19.9 Å². The number of nitrogens with zero attached hydrogens (tertiary/aromatic N) is 3. The van der Waals surface area contributed by atoms with E-state index in [1.54, 1.807) is 12.3 Å². The molecule has 1 aliphatic carbocycles. The number of aryl methyl sites for hydroxylation is 2. The predicted molar refractivity (Wildman–Crippen MR) is 121 cm³/mol. The second-order valence-corrected chi connectivity index (χ2v) is 8.90. The Kier molecular flexibility index (Phi) is 4.99. The molecule has 3 heterocycles. The smallest absolute Gasteiger partial charge is 0.248 e. The Morgan fingerprint density at radius 2 is 1.88 bits per heavy atom. The zero-order valence-corrected chi connectivity index (χ0v) is 18.2. The van der Waals surface area contributed by atoms with Crippen LogP contribution in [0.2, 0.25) is 0 Å². The van der Waals surface area contributed by atoms with Crippen LogP contribution in [0.1, 0.15) is 37.1 Å². The second kappa shape index (κ2) is 7.73. The minimum absolute atomic E-state index is 0.0318. The van der Waals surface area contributed by atoms with Crippen LogP contribution in [0, 0.1) is 19.8 Å². The molecule has 0 unspecified atom stereocenters. The standard InChI is InChI=1S/C25H26F2N4O/c1-15-24(16(2)32-30-15)18-3-5-20-21(19-4-6-23(28)29-12-19)14-31(22(20)11-18)13-17-7-9-25(26,27)10-8-17/h3-6,11-12,14,17H,7-10,13H2,1-2H3,(H2,28,29). The van der Waals surface area contributed by atoms with E-state index in [9.17, 15) is 8.78 Å². The largest absolute Gasteiger partial charge is 0.384 e. The van der Waals surface area contributed by atoms with Gasteiger partial charge in [0, 0.05) is 59.4 Å². The number of benzene rings is 1. The maximum absolute atomic E-state index is 13.7. The van der Waals surface area contributed by atoms with Crippen LogP contribution in [0.3, 0.4) is 0 Å². The highest BCUT2D eigenvalue weighted by atomic mass is 19.3. The van der Waals surface area contributed by atoms with Gasteiger partial charge in [0.25, 0.3) is 0 Å². The van der Waals surface area contributed by atoms with E-state index in [2.05, 4.69) is 39.1 Å². The molecule has 0 spiro atoms. The zero-order valence-electron chi connectivity index (χ0n) is 18.2. The van der Waals surface area contributed by atoms with E-state index in [-0.39, 0.29) is 18.8 Å². The lowest BCUT2D eigenvalue weighted by atomic mass is 9.87. The van der Waals surface area contributed by atoms with Crippen LogP contribution in [-0.4, -0.2) is 20.6 Å². The molecule has 5 nitrogen and oxygen atoms in total. The van der Waals surface area contributed by atoms with E-state index in [1.165, 1.54) is 0 Å². The van der Waals surface area contributed by atoms with E-state index < -0.39 is 5.92 Å². The number of pyridine rings is 1. The van der Waals surface area contributed by atoms with Crippen molar-refractivity contribution in [1.82, 2.24) is 14.7 Å². The van der Waals surface area contributed by atoms with Crippen LogP contribution in [0.15, 0.2) is 47.2 Å². The summed E-state index contributed by atoms with van der Waals surface area (Å²) in [5.41, 5.74) is 11.7. The van der Waals surface area contributed by atoms with Gasteiger partial charge >= 0.3 is 0 Å². The van der Waals surface area contributed by atoms with Crippen LogP contribution in [-0.2, 0) is 6.54 Å². The Bertz CT molecular complexity index is 1240. The number of nitrogen functional groups attached to an aromatic ring is 1. The number of hydrogen-bond acceptors (Lipinski definition) is 4. The highest BCUT2D eigenvalue weighted by molar-refractivity contribution is 5.98. The highest BCUT2D eigenvalue weighted by Crippen LogP contribution is 2.39. The van der Waals surface area contributed by atoms with Gasteiger partial charge in [0.2, 0.25) is 5.92 Å². The van der Waals surface area contributed by atoms with Crippen molar-refractivity contribution in [1.29, 1.82) is 0 Å². The molecule has 3 aromatic heterocycles. The van der Waals surface area contributed by atoms with Gasteiger partial charge in [-0.1, -0.05) is 17.3 Å². The second-order valence-electron chi connectivity index (χ2n) is 8.90. The molecule has 1 saturated carbocycles. The molecule has 32 heavy (non-hydrogen) atoms. The molecule has 0 bridgehead atoms. The Labute approximate surface area is 185 Å². The van der Waals surface area contributed by atoms with E-state index in [0.29, 0.717) is 25.2 Å². The first kappa shape index (κ1) is 20.7.